The number of hydrogen-bond donors (Lipinski definition) is 1. The molecule has 68 heavy (non-hydrogen) atoms. The lowest BCUT2D eigenvalue weighted by Gasteiger charge is -2.50. The molecule has 3 saturated heterocycles. The highest BCUT2D eigenvalue weighted by Crippen LogP contribution is 2.37. The lowest BCUT2D eigenvalue weighted by atomic mass is 9.95. The Morgan fingerprint density at radius 2 is 0.750 bits per heavy atom. The van der Waals surface area contributed by atoms with Gasteiger partial charge in [-0.2, -0.15) is 0 Å². The molecule has 3 aliphatic rings. The Hall–Kier alpha value is -5.83. The van der Waals surface area contributed by atoms with Gasteiger partial charge in [-0.3, -0.25) is 43.2 Å². The van der Waals surface area contributed by atoms with Crippen molar-refractivity contribution in [3.05, 3.63) is 35.9 Å². The Morgan fingerprint density at radius 1 is 0.412 bits per heavy atom. The molecule has 15 atom stereocenters. The summed E-state index contributed by atoms with van der Waals surface area (Å²) in [7, 11) is 0. The molecule has 0 saturated carbocycles. The number of benzene rings is 1. The van der Waals surface area contributed by atoms with Gasteiger partial charge in [0.2, 0.25) is 0 Å². The number of aliphatic hydroxyl groups excluding tert-OH is 1. The van der Waals surface area contributed by atoms with Crippen molar-refractivity contribution >= 4 is 53.7 Å². The molecule has 1 aromatic carbocycles. The SMILES string of the molecule is CC(=O)OC[C@@H]1O[C@@H](O[C@@H]2[C@H](OC(C)=O)[C@@H](OC(C)=O)[C@@H](OCc3ccccc3)O[C@H]2COC(C)=O)[C@@H](OC(C)=O)[C@H](O[C@H]2O[C@@H](COC(C)=O)[C@H](OC(C)=O)[C@H](OC(C)=O)[C@H]2OC(C)=O)[C@H]1O. The van der Waals surface area contributed by atoms with Crippen LogP contribution in [-0.2, 0) is 121 Å². The van der Waals surface area contributed by atoms with Gasteiger partial charge in [-0.05, 0) is 5.56 Å². The monoisotopic (exact) mass is 972 g/mol. The lowest BCUT2D eigenvalue weighted by molar-refractivity contribution is -0.381. The zero-order valence-electron chi connectivity index (χ0n) is 38.6. The Balaban J connectivity index is 1.87. The van der Waals surface area contributed by atoms with E-state index in [2.05, 4.69) is 0 Å². The molecular formula is C43H56O25. The Morgan fingerprint density at radius 3 is 1.21 bits per heavy atom. The lowest BCUT2D eigenvalue weighted by Crippen LogP contribution is -2.68. The zero-order chi connectivity index (χ0) is 50.4. The largest absolute Gasteiger partial charge is 0.463 e. The van der Waals surface area contributed by atoms with Crippen LogP contribution in [0.1, 0.15) is 67.9 Å². The van der Waals surface area contributed by atoms with Crippen LogP contribution in [-0.4, -0.2) is 171 Å². The van der Waals surface area contributed by atoms with Crippen LogP contribution in [0.4, 0.5) is 0 Å². The minimum Gasteiger partial charge on any atom is -0.463 e. The van der Waals surface area contributed by atoms with Gasteiger partial charge in [0.05, 0.1) is 6.61 Å². The van der Waals surface area contributed by atoms with Crippen molar-refractivity contribution in [3.63, 3.8) is 0 Å². The summed E-state index contributed by atoms with van der Waals surface area (Å²) in [5, 5.41) is 12.0. The first-order valence-electron chi connectivity index (χ1n) is 21.1. The predicted octanol–water partition coefficient (Wildman–Crippen LogP) is -0.211. The highest BCUT2D eigenvalue weighted by molar-refractivity contribution is 5.70. The van der Waals surface area contributed by atoms with Gasteiger partial charge >= 0.3 is 53.7 Å². The van der Waals surface area contributed by atoms with E-state index in [1.807, 2.05) is 0 Å². The van der Waals surface area contributed by atoms with Crippen LogP contribution in [0.25, 0.3) is 0 Å². The van der Waals surface area contributed by atoms with Gasteiger partial charge in [0.1, 0.15) is 56.4 Å². The maximum absolute atomic E-state index is 13.0. The number of aliphatic hydroxyl groups is 1. The molecule has 378 valence electrons. The molecular weight excluding hydrogens is 916 g/mol. The maximum Gasteiger partial charge on any atom is 0.303 e. The normalized spacial score (nSPS) is 31.1. The first kappa shape index (κ1) is 54.8. The molecule has 4 rings (SSSR count). The molecule has 3 heterocycles. The summed E-state index contributed by atoms with van der Waals surface area (Å²) >= 11 is 0. The molecule has 3 aliphatic heterocycles. The molecule has 0 unspecified atom stereocenters. The van der Waals surface area contributed by atoms with E-state index in [9.17, 15) is 48.3 Å². The fourth-order valence-electron chi connectivity index (χ4n) is 7.32. The van der Waals surface area contributed by atoms with Crippen LogP contribution in [0.2, 0.25) is 0 Å². The average Bonchev–Trinajstić information content (AvgIpc) is 3.23. The second kappa shape index (κ2) is 25.5. The van der Waals surface area contributed by atoms with Gasteiger partial charge in [-0.15, -0.1) is 0 Å². The number of esters is 9. The summed E-state index contributed by atoms with van der Waals surface area (Å²) in [6.07, 6.45) is -26.5. The predicted molar refractivity (Wildman–Crippen MR) is 216 cm³/mol. The fourth-order valence-corrected chi connectivity index (χ4v) is 7.32. The van der Waals surface area contributed by atoms with E-state index in [0.29, 0.717) is 5.56 Å². The third-order valence-corrected chi connectivity index (χ3v) is 9.81. The minimum atomic E-state index is -2.01. The maximum atomic E-state index is 13.0. The smallest absolute Gasteiger partial charge is 0.303 e. The second-order valence-corrected chi connectivity index (χ2v) is 15.5. The third-order valence-electron chi connectivity index (χ3n) is 9.81. The van der Waals surface area contributed by atoms with Crippen molar-refractivity contribution in [2.45, 2.75) is 161 Å². The molecule has 0 radical (unpaired) electrons. The quantitative estimate of drug-likeness (QED) is 0.138. The highest BCUT2D eigenvalue weighted by Gasteiger charge is 2.59. The Kier molecular flexibility index (Phi) is 20.5. The van der Waals surface area contributed by atoms with E-state index in [-0.39, 0.29) is 6.61 Å². The molecule has 0 spiro atoms. The van der Waals surface area contributed by atoms with Crippen molar-refractivity contribution < 1.29 is 119 Å². The summed E-state index contributed by atoms with van der Waals surface area (Å²) in [6, 6.07) is 8.70. The Bertz CT molecular complexity index is 1940. The second-order valence-electron chi connectivity index (χ2n) is 15.5. The van der Waals surface area contributed by atoms with Crippen molar-refractivity contribution in [1.82, 2.24) is 0 Å². The molecule has 25 nitrogen and oxygen atoms in total. The van der Waals surface area contributed by atoms with Crippen molar-refractivity contribution in [1.29, 1.82) is 0 Å². The number of ether oxygens (including phenoxy) is 15. The van der Waals surface area contributed by atoms with E-state index >= 15 is 0 Å². The molecule has 0 aromatic heterocycles. The first-order valence-corrected chi connectivity index (χ1v) is 21.1. The van der Waals surface area contributed by atoms with Crippen LogP contribution in [0.5, 0.6) is 0 Å². The van der Waals surface area contributed by atoms with E-state index < -0.39 is 166 Å². The van der Waals surface area contributed by atoms with Gasteiger partial charge in [0.15, 0.2) is 55.5 Å². The molecule has 3 fully saturated rings. The fraction of sp³-hybridized carbons (Fsp3) is 0.651. The third kappa shape index (κ3) is 16.2. The molecule has 0 bridgehead atoms. The molecule has 1 aromatic rings. The minimum absolute atomic E-state index is 0.129. The van der Waals surface area contributed by atoms with E-state index in [4.69, 9.17) is 71.1 Å². The van der Waals surface area contributed by atoms with Crippen LogP contribution in [0, 0.1) is 0 Å². The van der Waals surface area contributed by atoms with E-state index in [0.717, 1.165) is 62.3 Å². The topological polar surface area (TPSA) is 312 Å². The standard InChI is InChI=1S/C43H56O25/c1-19(44)54-16-29-32(53)35(68-43-40(63-27(9)52)36(59-23(5)48)33(58-22(4)47)30(66-43)17-55-20(2)45)38(61-25(7)50)42(64-29)67-34-31(18-56-21(3)46)65-41(57-15-28-13-11-10-12-14-28)39(62-26(8)51)37(34)60-24(6)49/h10-14,29-43,53H,15-18H2,1-9H3/t29-,30-,31-,32-,33-,34-,35+,36-,37-,38-,39+,40+,41-,42-,43+/m0/s1. The van der Waals surface area contributed by atoms with Gasteiger partial charge < -0.3 is 76.2 Å². The van der Waals surface area contributed by atoms with Gasteiger partial charge in [0, 0.05) is 62.3 Å². The van der Waals surface area contributed by atoms with Crippen molar-refractivity contribution in [3.8, 4) is 0 Å². The number of carbonyl (C=O) groups is 9. The summed E-state index contributed by atoms with van der Waals surface area (Å²) in [6.45, 7) is 7.02. The van der Waals surface area contributed by atoms with Gasteiger partial charge in [0.25, 0.3) is 0 Å². The van der Waals surface area contributed by atoms with Crippen molar-refractivity contribution in [2.24, 2.45) is 0 Å². The van der Waals surface area contributed by atoms with Crippen LogP contribution >= 0.6 is 0 Å². The number of rotatable bonds is 19. The summed E-state index contributed by atoms with van der Waals surface area (Å²) in [5.74, 6) is -8.26. The molecule has 25 heteroatoms. The van der Waals surface area contributed by atoms with Crippen molar-refractivity contribution in [2.75, 3.05) is 19.8 Å². The van der Waals surface area contributed by atoms with Crippen LogP contribution < -0.4 is 0 Å². The van der Waals surface area contributed by atoms with Gasteiger partial charge in [-0.25, -0.2) is 0 Å². The molecule has 1 N–H and O–H groups in total. The Labute approximate surface area is 389 Å². The van der Waals surface area contributed by atoms with Crippen LogP contribution in [0.3, 0.4) is 0 Å². The molecule has 0 aliphatic carbocycles. The van der Waals surface area contributed by atoms with Gasteiger partial charge in [-0.1, -0.05) is 30.3 Å². The highest BCUT2D eigenvalue weighted by atomic mass is 16.8. The van der Waals surface area contributed by atoms with Crippen LogP contribution in [0.15, 0.2) is 30.3 Å². The van der Waals surface area contributed by atoms with E-state index in [1.54, 1.807) is 30.3 Å². The average molecular weight is 973 g/mol. The first-order chi connectivity index (χ1) is 32.0. The number of hydrogen-bond acceptors (Lipinski definition) is 25. The molecule has 0 amide bonds. The summed E-state index contributed by atoms with van der Waals surface area (Å²) < 4.78 is 86.3. The summed E-state index contributed by atoms with van der Waals surface area (Å²) in [4.78, 5) is 112. The summed E-state index contributed by atoms with van der Waals surface area (Å²) in [5.41, 5.74) is 0.650. The number of carbonyl (C=O) groups excluding carboxylic acids is 9. The van der Waals surface area contributed by atoms with E-state index in [1.165, 1.54) is 0 Å². The zero-order valence-corrected chi connectivity index (χ0v) is 38.6.